The number of hydrogen-bond donors (Lipinski definition) is 2. The van der Waals surface area contributed by atoms with Crippen molar-refractivity contribution in [2.75, 3.05) is 6.54 Å². The highest BCUT2D eigenvalue weighted by Crippen LogP contribution is 2.31. The third-order valence-electron chi connectivity index (χ3n) is 7.71. The van der Waals surface area contributed by atoms with Crippen LogP contribution in [-0.4, -0.2) is 30.1 Å². The first kappa shape index (κ1) is 24.0. The fraction of sp³-hybridized carbons (Fsp3) is 0.560. The molecule has 0 spiro atoms. The topological polar surface area (TPSA) is 109 Å². The predicted molar refractivity (Wildman–Crippen MR) is 129 cm³/mol. The quantitative estimate of drug-likeness (QED) is 0.607. The number of fused-ring (bicyclic) bond motifs is 3. The Morgan fingerprint density at radius 2 is 1.74 bits per heavy atom. The molecule has 5 rings (SSSR count). The zero-order valence-electron chi connectivity index (χ0n) is 20.0. The van der Waals surface area contributed by atoms with E-state index in [4.69, 9.17) is 10.4 Å². The molecule has 2 fully saturated rings. The second kappa shape index (κ2) is 9.37. The first-order valence-electron chi connectivity index (χ1n) is 12.5. The number of aromatic nitrogens is 2. The second-order valence-electron chi connectivity index (χ2n) is 9.98. The molecule has 2 N–H and O–H groups in total. The SMILES string of the molecule is Cn1c(=O)/c(=C(/NCC2CCCCC2)S(=O)(=O)c2ccc(F)cc2)c(=N)n2c1=N[C@@H]1CCCC[C@@H]12. The summed E-state index contributed by atoms with van der Waals surface area (Å²) in [7, 11) is -2.63. The third kappa shape index (κ3) is 4.26. The molecule has 1 aliphatic heterocycles. The molecule has 0 bridgehead atoms. The Kier molecular flexibility index (Phi) is 6.41. The molecule has 3 aliphatic rings. The lowest BCUT2D eigenvalue weighted by Gasteiger charge is -2.26. The van der Waals surface area contributed by atoms with Crippen LogP contribution in [0.5, 0.6) is 0 Å². The lowest BCUT2D eigenvalue weighted by molar-refractivity contribution is 0.321. The van der Waals surface area contributed by atoms with Crippen LogP contribution in [0.4, 0.5) is 4.39 Å². The van der Waals surface area contributed by atoms with Crippen LogP contribution in [0.25, 0.3) is 5.03 Å². The molecule has 1 aromatic heterocycles. The van der Waals surface area contributed by atoms with Crippen molar-refractivity contribution in [3.63, 3.8) is 0 Å². The fourth-order valence-corrected chi connectivity index (χ4v) is 7.24. The van der Waals surface area contributed by atoms with E-state index in [2.05, 4.69) is 5.32 Å². The molecule has 2 saturated carbocycles. The highest BCUT2D eigenvalue weighted by molar-refractivity contribution is 8.00. The molecule has 0 unspecified atom stereocenters. The molecule has 2 aliphatic carbocycles. The van der Waals surface area contributed by atoms with Gasteiger partial charge in [-0.05, 0) is 55.9 Å². The fourth-order valence-electron chi connectivity index (χ4n) is 5.78. The van der Waals surface area contributed by atoms with Crippen LogP contribution in [0.1, 0.15) is 63.8 Å². The summed E-state index contributed by atoms with van der Waals surface area (Å²) in [5.74, 6) is -0.254. The van der Waals surface area contributed by atoms with Gasteiger partial charge in [-0.3, -0.25) is 19.3 Å². The van der Waals surface area contributed by atoms with Crippen molar-refractivity contribution in [3.8, 4) is 0 Å². The summed E-state index contributed by atoms with van der Waals surface area (Å²) >= 11 is 0. The lowest BCUT2D eigenvalue weighted by Crippen LogP contribution is -2.59. The molecular weight excluding hydrogens is 469 g/mol. The van der Waals surface area contributed by atoms with Gasteiger partial charge < -0.3 is 5.32 Å². The van der Waals surface area contributed by atoms with Crippen molar-refractivity contribution in [1.29, 1.82) is 5.41 Å². The number of sulfone groups is 1. The van der Waals surface area contributed by atoms with E-state index in [0.717, 1.165) is 63.5 Å². The number of nitrogens with zero attached hydrogens (tertiary/aromatic N) is 3. The van der Waals surface area contributed by atoms with Gasteiger partial charge in [0.15, 0.2) is 0 Å². The van der Waals surface area contributed by atoms with E-state index in [0.29, 0.717) is 18.1 Å². The summed E-state index contributed by atoms with van der Waals surface area (Å²) in [6, 6.07) is 4.54. The predicted octanol–water partition coefficient (Wildman–Crippen LogP) is 1.63. The summed E-state index contributed by atoms with van der Waals surface area (Å²) in [6.07, 6.45) is 9.12. The van der Waals surface area contributed by atoms with E-state index in [1.165, 1.54) is 23.1 Å². The van der Waals surface area contributed by atoms with Gasteiger partial charge in [0, 0.05) is 13.6 Å². The van der Waals surface area contributed by atoms with Gasteiger partial charge in [-0.2, -0.15) is 0 Å². The van der Waals surface area contributed by atoms with Gasteiger partial charge in [0.25, 0.3) is 5.56 Å². The zero-order valence-corrected chi connectivity index (χ0v) is 20.8. The molecule has 0 radical (unpaired) electrons. The highest BCUT2D eigenvalue weighted by atomic mass is 32.2. The summed E-state index contributed by atoms with van der Waals surface area (Å²) in [6.45, 7) is 0.399. The van der Waals surface area contributed by atoms with Gasteiger partial charge in [-0.1, -0.05) is 32.1 Å². The molecule has 2 heterocycles. The Labute approximate surface area is 203 Å². The Morgan fingerprint density at radius 3 is 2.46 bits per heavy atom. The molecule has 2 atom stereocenters. The van der Waals surface area contributed by atoms with Gasteiger partial charge in [0.05, 0.1) is 17.0 Å². The molecule has 1 aromatic carbocycles. The first-order valence-corrected chi connectivity index (χ1v) is 14.0. The van der Waals surface area contributed by atoms with Gasteiger partial charge in [0.1, 0.15) is 21.6 Å². The lowest BCUT2D eigenvalue weighted by atomic mass is 9.89. The van der Waals surface area contributed by atoms with Crippen LogP contribution >= 0.6 is 0 Å². The molecule has 10 heteroatoms. The van der Waals surface area contributed by atoms with E-state index in [-0.39, 0.29) is 32.7 Å². The van der Waals surface area contributed by atoms with Crippen molar-refractivity contribution in [1.82, 2.24) is 14.5 Å². The third-order valence-corrected chi connectivity index (χ3v) is 9.49. The van der Waals surface area contributed by atoms with E-state index in [1.807, 2.05) is 0 Å². The smallest absolute Gasteiger partial charge is 0.266 e. The minimum absolute atomic E-state index is 0.000976. The molecule has 2 aromatic rings. The minimum atomic E-state index is -4.22. The maximum Gasteiger partial charge on any atom is 0.266 e. The van der Waals surface area contributed by atoms with Gasteiger partial charge >= 0.3 is 0 Å². The summed E-state index contributed by atoms with van der Waals surface area (Å²) < 4.78 is 44.3. The normalized spacial score (nSPS) is 23.3. The van der Waals surface area contributed by atoms with E-state index >= 15 is 0 Å². The average Bonchev–Trinajstić information content (AvgIpc) is 3.25. The van der Waals surface area contributed by atoms with E-state index in [9.17, 15) is 17.6 Å². The highest BCUT2D eigenvalue weighted by Gasteiger charge is 2.34. The second-order valence-corrected chi connectivity index (χ2v) is 11.9. The van der Waals surface area contributed by atoms with Crippen molar-refractivity contribution in [2.45, 2.75) is 74.8 Å². The van der Waals surface area contributed by atoms with Crippen LogP contribution in [0.15, 0.2) is 38.9 Å². The van der Waals surface area contributed by atoms with Crippen molar-refractivity contribution >= 4 is 14.9 Å². The van der Waals surface area contributed by atoms with Crippen LogP contribution < -0.4 is 27.2 Å². The summed E-state index contributed by atoms with van der Waals surface area (Å²) in [5, 5.41) is 11.7. The Bertz CT molecular complexity index is 1470. The summed E-state index contributed by atoms with van der Waals surface area (Å²) in [4.78, 5) is 18.2. The van der Waals surface area contributed by atoms with Crippen LogP contribution in [0.2, 0.25) is 0 Å². The number of hydrogen-bond acceptors (Lipinski definition) is 6. The molecule has 0 saturated heterocycles. The molecule has 188 valence electrons. The monoisotopic (exact) mass is 501 g/mol. The average molecular weight is 502 g/mol. The van der Waals surface area contributed by atoms with Gasteiger partial charge in [-0.25, -0.2) is 17.8 Å². The standard InChI is InChI=1S/C25H32FN5O3S/c1-30-24(32)21(22(27)31-20-10-6-5-9-19(20)29-25(30)31)23(28-15-16-7-3-2-4-8-16)35(33,34)18-13-11-17(26)12-14-18/h11-14,16,19-20,27-28H,2-10,15H2,1H3/b23-21-,27-22?/t19-,20+/m1/s1. The van der Waals surface area contributed by atoms with Crippen LogP contribution in [-0.2, 0) is 16.9 Å². The number of rotatable bonds is 5. The molecule has 8 nitrogen and oxygen atoms in total. The first-order chi connectivity index (χ1) is 16.8. The molecule has 0 amide bonds. The van der Waals surface area contributed by atoms with Crippen LogP contribution in [0, 0.1) is 17.1 Å². The Balaban J connectivity index is 1.74. The number of benzene rings is 1. The summed E-state index contributed by atoms with van der Waals surface area (Å²) in [5.41, 5.74) is -0.273. The van der Waals surface area contributed by atoms with E-state index in [1.54, 1.807) is 11.6 Å². The van der Waals surface area contributed by atoms with Crippen molar-refractivity contribution < 1.29 is 12.8 Å². The maximum atomic E-state index is 13.8. The number of halogens is 1. The Morgan fingerprint density at radius 1 is 1.09 bits per heavy atom. The van der Waals surface area contributed by atoms with Crippen molar-refractivity contribution in [2.24, 2.45) is 18.0 Å². The molecular formula is C25H32FN5O3S. The minimum Gasteiger partial charge on any atom is -0.374 e. The van der Waals surface area contributed by atoms with Gasteiger partial charge in [-0.15, -0.1) is 0 Å². The van der Waals surface area contributed by atoms with E-state index < -0.39 is 21.2 Å². The maximum absolute atomic E-state index is 13.8. The number of nitrogens with one attached hydrogen (secondary N) is 2. The van der Waals surface area contributed by atoms with Gasteiger partial charge in [0.2, 0.25) is 15.5 Å². The largest absolute Gasteiger partial charge is 0.374 e. The zero-order chi connectivity index (χ0) is 24.7. The van der Waals surface area contributed by atoms with Crippen molar-refractivity contribution in [3.05, 3.63) is 56.8 Å². The Hall–Kier alpha value is -2.75. The molecule has 35 heavy (non-hydrogen) atoms. The van der Waals surface area contributed by atoms with Crippen LogP contribution in [0.3, 0.4) is 0 Å².